The van der Waals surface area contributed by atoms with Gasteiger partial charge in [0.2, 0.25) is 0 Å². The van der Waals surface area contributed by atoms with Gasteiger partial charge in [-0.2, -0.15) is 0 Å². The highest BCUT2D eigenvalue weighted by Crippen LogP contribution is 2.16. The standard InChI is InChI=1S/C16H24N2O4/c1-5-10-21-11-8-13(19)12-7-6-9-17-14(12)18-15(20)22-16(2,3)4/h6-7,9H,5,8,10-11H2,1-4H3,(H,17,18,20). The van der Waals surface area contributed by atoms with Crippen molar-refractivity contribution in [3.8, 4) is 0 Å². The molecule has 1 aromatic heterocycles. The summed E-state index contributed by atoms with van der Waals surface area (Å²) in [6.07, 6.45) is 2.03. The second kappa shape index (κ2) is 8.48. The van der Waals surface area contributed by atoms with Crippen molar-refractivity contribution in [3.05, 3.63) is 23.9 Å². The molecule has 1 amide bonds. The van der Waals surface area contributed by atoms with Gasteiger partial charge in [0.15, 0.2) is 5.78 Å². The number of nitrogens with one attached hydrogen (secondary N) is 1. The SMILES string of the molecule is CCCOCCC(=O)c1cccnc1NC(=O)OC(C)(C)C. The second-order valence-electron chi connectivity index (χ2n) is 5.81. The molecule has 0 atom stereocenters. The number of Topliss-reactive ketones (excluding diaryl/α,β-unsaturated/α-hetero) is 1. The summed E-state index contributed by atoms with van der Waals surface area (Å²) in [5.74, 6) is 0.0764. The van der Waals surface area contributed by atoms with E-state index in [0.29, 0.717) is 18.8 Å². The van der Waals surface area contributed by atoms with Gasteiger partial charge >= 0.3 is 6.09 Å². The molecule has 1 rings (SSSR count). The van der Waals surface area contributed by atoms with Gasteiger partial charge in [-0.05, 0) is 39.3 Å². The van der Waals surface area contributed by atoms with Gasteiger partial charge in [-0.15, -0.1) is 0 Å². The zero-order valence-corrected chi connectivity index (χ0v) is 13.6. The Labute approximate surface area is 131 Å². The van der Waals surface area contributed by atoms with E-state index in [2.05, 4.69) is 10.3 Å². The first-order valence-electron chi connectivity index (χ1n) is 7.39. The number of rotatable bonds is 7. The summed E-state index contributed by atoms with van der Waals surface area (Å²) < 4.78 is 10.5. The molecule has 0 aromatic carbocycles. The Hall–Kier alpha value is -1.95. The Morgan fingerprint density at radius 2 is 2.00 bits per heavy atom. The largest absolute Gasteiger partial charge is 0.444 e. The van der Waals surface area contributed by atoms with E-state index in [1.165, 1.54) is 6.20 Å². The van der Waals surface area contributed by atoms with Crippen molar-refractivity contribution in [2.75, 3.05) is 18.5 Å². The van der Waals surface area contributed by atoms with Gasteiger partial charge in [0.25, 0.3) is 0 Å². The molecule has 1 heterocycles. The fraction of sp³-hybridized carbons (Fsp3) is 0.562. The summed E-state index contributed by atoms with van der Waals surface area (Å²) in [5.41, 5.74) is -0.259. The number of hydrogen-bond donors (Lipinski definition) is 1. The van der Waals surface area contributed by atoms with Crippen LogP contribution in [-0.2, 0) is 9.47 Å². The number of hydrogen-bond acceptors (Lipinski definition) is 5. The van der Waals surface area contributed by atoms with Crippen LogP contribution in [0.15, 0.2) is 18.3 Å². The molecule has 6 heteroatoms. The normalized spacial score (nSPS) is 11.1. The van der Waals surface area contributed by atoms with Crippen molar-refractivity contribution in [2.24, 2.45) is 0 Å². The van der Waals surface area contributed by atoms with E-state index in [9.17, 15) is 9.59 Å². The molecule has 122 valence electrons. The van der Waals surface area contributed by atoms with Gasteiger partial charge in [0.1, 0.15) is 11.4 Å². The fourth-order valence-electron chi connectivity index (χ4n) is 1.68. The van der Waals surface area contributed by atoms with Crippen molar-refractivity contribution in [1.82, 2.24) is 4.98 Å². The van der Waals surface area contributed by atoms with Crippen molar-refractivity contribution < 1.29 is 19.1 Å². The number of ether oxygens (including phenoxy) is 2. The van der Waals surface area contributed by atoms with Crippen molar-refractivity contribution in [2.45, 2.75) is 46.1 Å². The second-order valence-corrected chi connectivity index (χ2v) is 5.81. The Morgan fingerprint density at radius 3 is 2.64 bits per heavy atom. The zero-order chi connectivity index (χ0) is 16.6. The predicted molar refractivity (Wildman–Crippen MR) is 84.2 cm³/mol. The molecule has 0 fully saturated rings. The van der Waals surface area contributed by atoms with E-state index >= 15 is 0 Å². The van der Waals surface area contributed by atoms with Crippen LogP contribution in [-0.4, -0.2) is 35.7 Å². The minimum absolute atomic E-state index is 0.129. The first kappa shape index (κ1) is 18.1. The lowest BCUT2D eigenvalue weighted by Crippen LogP contribution is -2.28. The highest BCUT2D eigenvalue weighted by Gasteiger charge is 2.19. The lowest BCUT2D eigenvalue weighted by molar-refractivity contribution is 0.0635. The highest BCUT2D eigenvalue weighted by molar-refractivity contribution is 6.02. The molecule has 0 aliphatic rings. The topological polar surface area (TPSA) is 77.5 Å². The third kappa shape index (κ3) is 6.67. The number of aromatic nitrogens is 1. The lowest BCUT2D eigenvalue weighted by Gasteiger charge is -2.20. The lowest BCUT2D eigenvalue weighted by atomic mass is 10.1. The molecule has 1 N–H and O–H groups in total. The van der Waals surface area contributed by atoms with Crippen LogP contribution in [0.5, 0.6) is 0 Å². The van der Waals surface area contributed by atoms with E-state index in [-0.39, 0.29) is 18.0 Å². The number of carbonyl (C=O) groups is 2. The van der Waals surface area contributed by atoms with E-state index < -0.39 is 11.7 Å². The van der Waals surface area contributed by atoms with Crippen LogP contribution in [0.1, 0.15) is 50.9 Å². The summed E-state index contributed by atoms with van der Waals surface area (Å²) in [4.78, 5) is 28.0. The van der Waals surface area contributed by atoms with Crippen molar-refractivity contribution in [1.29, 1.82) is 0 Å². The average molecular weight is 308 g/mol. The van der Waals surface area contributed by atoms with Crippen LogP contribution in [0.2, 0.25) is 0 Å². The first-order valence-corrected chi connectivity index (χ1v) is 7.39. The van der Waals surface area contributed by atoms with Crippen molar-refractivity contribution >= 4 is 17.7 Å². The molecule has 0 aliphatic heterocycles. The number of pyridine rings is 1. The van der Waals surface area contributed by atoms with Gasteiger partial charge in [-0.25, -0.2) is 9.78 Å². The van der Waals surface area contributed by atoms with E-state index in [1.807, 2.05) is 6.92 Å². The third-order valence-electron chi connectivity index (χ3n) is 2.55. The van der Waals surface area contributed by atoms with Crippen LogP contribution < -0.4 is 5.32 Å². The maximum Gasteiger partial charge on any atom is 0.413 e. The molecule has 0 aliphatic carbocycles. The number of amides is 1. The maximum absolute atomic E-state index is 12.2. The third-order valence-corrected chi connectivity index (χ3v) is 2.55. The quantitative estimate of drug-likeness (QED) is 0.617. The Bertz CT molecular complexity index is 509. The minimum Gasteiger partial charge on any atom is -0.444 e. The Kier molecular flexibility index (Phi) is 6.98. The molecule has 0 saturated carbocycles. The molecular formula is C16H24N2O4. The molecule has 1 aromatic rings. The van der Waals surface area contributed by atoms with Gasteiger partial charge in [0.05, 0.1) is 12.2 Å². The van der Waals surface area contributed by atoms with Crippen molar-refractivity contribution in [3.63, 3.8) is 0 Å². The number of carbonyl (C=O) groups excluding carboxylic acids is 2. The number of ketones is 1. The number of anilines is 1. The van der Waals surface area contributed by atoms with Crippen LogP contribution in [0.3, 0.4) is 0 Å². The molecule has 0 bridgehead atoms. The average Bonchev–Trinajstić information content (AvgIpc) is 2.42. The molecule has 0 unspecified atom stereocenters. The van der Waals surface area contributed by atoms with E-state index in [1.54, 1.807) is 32.9 Å². The summed E-state index contributed by atoms with van der Waals surface area (Å²) in [6, 6.07) is 3.28. The predicted octanol–water partition coefficient (Wildman–Crippen LogP) is 3.43. The Morgan fingerprint density at radius 1 is 1.27 bits per heavy atom. The van der Waals surface area contributed by atoms with Crippen LogP contribution in [0.25, 0.3) is 0 Å². The zero-order valence-electron chi connectivity index (χ0n) is 13.6. The fourth-order valence-corrected chi connectivity index (χ4v) is 1.68. The monoisotopic (exact) mass is 308 g/mol. The van der Waals surface area contributed by atoms with Gasteiger partial charge < -0.3 is 9.47 Å². The number of nitrogens with zero attached hydrogens (tertiary/aromatic N) is 1. The molecule has 0 saturated heterocycles. The molecule has 22 heavy (non-hydrogen) atoms. The van der Waals surface area contributed by atoms with E-state index in [0.717, 1.165) is 6.42 Å². The molecule has 6 nitrogen and oxygen atoms in total. The summed E-state index contributed by atoms with van der Waals surface area (Å²) in [7, 11) is 0. The molecular weight excluding hydrogens is 284 g/mol. The first-order chi connectivity index (χ1) is 10.3. The van der Waals surface area contributed by atoms with Gasteiger partial charge in [0, 0.05) is 19.2 Å². The maximum atomic E-state index is 12.2. The smallest absolute Gasteiger partial charge is 0.413 e. The van der Waals surface area contributed by atoms with Crippen LogP contribution in [0.4, 0.5) is 10.6 Å². The van der Waals surface area contributed by atoms with Crippen LogP contribution in [0, 0.1) is 0 Å². The Balaban J connectivity index is 2.69. The molecule has 0 radical (unpaired) electrons. The van der Waals surface area contributed by atoms with Gasteiger partial charge in [-0.3, -0.25) is 10.1 Å². The summed E-state index contributed by atoms with van der Waals surface area (Å²) in [6.45, 7) is 8.29. The highest BCUT2D eigenvalue weighted by atomic mass is 16.6. The van der Waals surface area contributed by atoms with E-state index in [4.69, 9.17) is 9.47 Å². The van der Waals surface area contributed by atoms with Gasteiger partial charge in [-0.1, -0.05) is 6.92 Å². The molecule has 0 spiro atoms. The summed E-state index contributed by atoms with van der Waals surface area (Å²) in [5, 5.41) is 2.52. The van der Waals surface area contributed by atoms with Crippen LogP contribution >= 0.6 is 0 Å². The minimum atomic E-state index is -0.637. The summed E-state index contributed by atoms with van der Waals surface area (Å²) >= 11 is 0.